The van der Waals surface area contributed by atoms with Crippen LogP contribution in [0.1, 0.15) is 62.8 Å². The van der Waals surface area contributed by atoms with Gasteiger partial charge in [-0.1, -0.05) is 12.1 Å². The van der Waals surface area contributed by atoms with Gasteiger partial charge in [0.1, 0.15) is 34.3 Å². The third kappa shape index (κ3) is 9.14. The summed E-state index contributed by atoms with van der Waals surface area (Å²) in [4.78, 5) is 32.7. The summed E-state index contributed by atoms with van der Waals surface area (Å²) < 4.78 is 40.0. The number of esters is 1. The molecule has 3 aromatic rings. The third-order valence-corrected chi connectivity index (χ3v) is 7.80. The van der Waals surface area contributed by atoms with Crippen LogP contribution in [-0.2, 0) is 25.6 Å². The van der Waals surface area contributed by atoms with Crippen LogP contribution in [0.4, 0.5) is 0 Å². The van der Waals surface area contributed by atoms with E-state index in [1.807, 2.05) is 6.07 Å². The Morgan fingerprint density at radius 2 is 1.57 bits per heavy atom. The van der Waals surface area contributed by atoms with Gasteiger partial charge in [-0.2, -0.15) is 0 Å². The summed E-state index contributed by atoms with van der Waals surface area (Å²) in [6, 6.07) is 17.7. The maximum Gasteiger partial charge on any atom is 0.306 e. The minimum Gasteiger partial charge on any atom is -0.497 e. The topological polar surface area (TPSA) is 143 Å². The van der Waals surface area contributed by atoms with Crippen LogP contribution >= 0.6 is 0 Å². The van der Waals surface area contributed by atoms with Crippen molar-refractivity contribution in [2.75, 3.05) is 41.7 Å². The zero-order chi connectivity index (χ0) is 35.6. The SMILES string of the molecule is COc1cccc([C@H]2OC(c3ccc(OCCCO)cc3)=N[C@@]2(CCC(=O)OC(C)(C)C)C(=O)NCc2c(OC)cc(OC)cc2OC)c1. The van der Waals surface area contributed by atoms with Crippen LogP contribution in [0.3, 0.4) is 0 Å². The predicted octanol–water partition coefficient (Wildman–Crippen LogP) is 5.18. The lowest BCUT2D eigenvalue weighted by Gasteiger charge is -2.31. The first-order chi connectivity index (χ1) is 23.5. The van der Waals surface area contributed by atoms with E-state index in [1.165, 1.54) is 21.3 Å². The molecule has 0 radical (unpaired) electrons. The molecule has 0 spiro atoms. The number of aliphatic hydroxyl groups is 1. The highest BCUT2D eigenvalue weighted by Gasteiger charge is 2.53. The number of nitrogens with zero attached hydrogens (tertiary/aromatic N) is 1. The molecule has 49 heavy (non-hydrogen) atoms. The fraction of sp³-hybridized carbons (Fsp3) is 0.432. The normalized spacial score (nSPS) is 17.0. The van der Waals surface area contributed by atoms with Gasteiger partial charge in [-0.15, -0.1) is 0 Å². The largest absolute Gasteiger partial charge is 0.497 e. The van der Waals surface area contributed by atoms with Crippen molar-refractivity contribution >= 4 is 17.8 Å². The van der Waals surface area contributed by atoms with Gasteiger partial charge in [-0.05, 0) is 69.2 Å². The first-order valence-electron chi connectivity index (χ1n) is 16.0. The van der Waals surface area contributed by atoms with Crippen molar-refractivity contribution in [3.05, 3.63) is 77.4 Å². The molecular formula is C37H46N2O10. The zero-order valence-electron chi connectivity index (χ0n) is 29.2. The van der Waals surface area contributed by atoms with E-state index >= 15 is 0 Å². The molecule has 2 atom stereocenters. The van der Waals surface area contributed by atoms with Gasteiger partial charge in [-0.3, -0.25) is 9.59 Å². The fourth-order valence-corrected chi connectivity index (χ4v) is 5.43. The van der Waals surface area contributed by atoms with E-state index in [0.717, 1.165) is 0 Å². The van der Waals surface area contributed by atoms with Gasteiger partial charge in [0.2, 0.25) is 5.90 Å². The molecule has 4 rings (SSSR count). The highest BCUT2D eigenvalue weighted by atomic mass is 16.6. The Morgan fingerprint density at radius 1 is 0.898 bits per heavy atom. The molecule has 0 saturated heterocycles. The number of nitrogens with one attached hydrogen (secondary N) is 1. The summed E-state index contributed by atoms with van der Waals surface area (Å²) in [6.45, 7) is 5.76. The lowest BCUT2D eigenvalue weighted by Crippen LogP contribution is -2.48. The van der Waals surface area contributed by atoms with Crippen LogP contribution in [0.25, 0.3) is 0 Å². The van der Waals surface area contributed by atoms with Gasteiger partial charge in [0.15, 0.2) is 11.6 Å². The number of aliphatic imine (C=N–C) groups is 1. The first kappa shape index (κ1) is 36.9. The Hall–Kier alpha value is -4.97. The Kier molecular flexibility index (Phi) is 12.4. The van der Waals surface area contributed by atoms with E-state index in [-0.39, 0.29) is 31.9 Å². The minimum atomic E-state index is -1.61. The van der Waals surface area contributed by atoms with Crippen LogP contribution in [0.15, 0.2) is 65.7 Å². The second-order valence-electron chi connectivity index (χ2n) is 12.3. The van der Waals surface area contributed by atoms with Crippen molar-refractivity contribution < 1.29 is 47.9 Å². The number of rotatable bonds is 16. The molecule has 3 aromatic carbocycles. The van der Waals surface area contributed by atoms with Crippen LogP contribution < -0.4 is 29.0 Å². The molecule has 2 N–H and O–H groups in total. The summed E-state index contributed by atoms with van der Waals surface area (Å²) in [6.07, 6.45) is -0.583. The molecule has 0 fully saturated rings. The van der Waals surface area contributed by atoms with Crippen LogP contribution in [0.2, 0.25) is 0 Å². The monoisotopic (exact) mass is 678 g/mol. The molecule has 1 aliphatic heterocycles. The molecule has 264 valence electrons. The summed E-state index contributed by atoms with van der Waals surface area (Å²) in [7, 11) is 6.13. The van der Waals surface area contributed by atoms with Crippen molar-refractivity contribution in [3.8, 4) is 28.7 Å². The van der Waals surface area contributed by atoms with Gasteiger partial charge in [0.05, 0.1) is 47.2 Å². The summed E-state index contributed by atoms with van der Waals surface area (Å²) in [5.74, 6) is 1.86. The molecule has 1 aliphatic rings. The summed E-state index contributed by atoms with van der Waals surface area (Å²) in [5.41, 5.74) is -0.517. The Morgan fingerprint density at radius 3 is 2.16 bits per heavy atom. The number of amides is 1. The van der Waals surface area contributed by atoms with Gasteiger partial charge in [0.25, 0.3) is 5.91 Å². The Bertz CT molecular complexity index is 1590. The molecule has 12 heteroatoms. The average Bonchev–Trinajstić information content (AvgIpc) is 3.50. The van der Waals surface area contributed by atoms with E-state index in [0.29, 0.717) is 58.5 Å². The van der Waals surface area contributed by atoms with Crippen molar-refractivity contribution in [3.63, 3.8) is 0 Å². The molecule has 0 aromatic heterocycles. The summed E-state index contributed by atoms with van der Waals surface area (Å²) in [5, 5.41) is 12.1. The number of benzene rings is 3. The quantitative estimate of drug-likeness (QED) is 0.154. The smallest absolute Gasteiger partial charge is 0.306 e. The number of methoxy groups -OCH3 is 4. The fourth-order valence-electron chi connectivity index (χ4n) is 5.43. The average molecular weight is 679 g/mol. The molecule has 12 nitrogen and oxygen atoms in total. The lowest BCUT2D eigenvalue weighted by molar-refractivity contribution is -0.155. The third-order valence-electron chi connectivity index (χ3n) is 7.80. The Balaban J connectivity index is 1.79. The number of ether oxygens (including phenoxy) is 7. The summed E-state index contributed by atoms with van der Waals surface area (Å²) >= 11 is 0. The van der Waals surface area contributed by atoms with Gasteiger partial charge < -0.3 is 43.6 Å². The molecule has 0 saturated carbocycles. The number of aliphatic hydroxyl groups excluding tert-OH is 1. The standard InChI is InChI=1S/C37H46N2O10/c1-36(2,3)49-32(41)16-17-37(35(42)38-23-29-30(45-6)21-28(44-5)22-31(29)46-7)33(25-10-8-11-27(20-25)43-4)48-34(39-37)24-12-14-26(15-13-24)47-19-9-18-40/h8,10-15,20-22,33,40H,9,16-19,23H2,1-7H3,(H,38,42)/t33-,37-/m1/s1. The maximum atomic E-state index is 14.6. The van der Waals surface area contributed by atoms with Crippen molar-refractivity contribution in [2.24, 2.45) is 4.99 Å². The molecule has 0 bridgehead atoms. The number of carbonyl (C=O) groups excluding carboxylic acids is 2. The highest BCUT2D eigenvalue weighted by molar-refractivity contribution is 6.01. The molecular weight excluding hydrogens is 632 g/mol. The minimum absolute atomic E-state index is 0.0128. The van der Waals surface area contributed by atoms with Gasteiger partial charge in [-0.25, -0.2) is 4.99 Å². The molecule has 1 amide bonds. The van der Waals surface area contributed by atoms with E-state index in [1.54, 1.807) is 82.5 Å². The second kappa shape index (κ2) is 16.4. The highest BCUT2D eigenvalue weighted by Crippen LogP contribution is 2.44. The molecule has 0 unspecified atom stereocenters. The van der Waals surface area contributed by atoms with Crippen LogP contribution in [0, 0.1) is 0 Å². The van der Waals surface area contributed by atoms with Gasteiger partial charge >= 0.3 is 5.97 Å². The lowest BCUT2D eigenvalue weighted by atomic mass is 9.83. The predicted molar refractivity (Wildman–Crippen MR) is 183 cm³/mol. The van der Waals surface area contributed by atoms with E-state index < -0.39 is 29.1 Å². The van der Waals surface area contributed by atoms with Crippen molar-refractivity contribution in [1.82, 2.24) is 5.32 Å². The number of hydrogen-bond donors (Lipinski definition) is 2. The molecule has 0 aliphatic carbocycles. The van der Waals surface area contributed by atoms with E-state index in [9.17, 15) is 9.59 Å². The van der Waals surface area contributed by atoms with E-state index in [4.69, 9.17) is 43.3 Å². The first-order valence-corrected chi connectivity index (χ1v) is 16.0. The van der Waals surface area contributed by atoms with Crippen molar-refractivity contribution in [2.45, 2.75) is 63.8 Å². The van der Waals surface area contributed by atoms with Crippen molar-refractivity contribution in [1.29, 1.82) is 0 Å². The van der Waals surface area contributed by atoms with E-state index in [2.05, 4.69) is 5.32 Å². The van der Waals surface area contributed by atoms with Gasteiger partial charge in [0, 0.05) is 37.1 Å². The number of hydrogen-bond acceptors (Lipinski definition) is 11. The molecule has 1 heterocycles. The second-order valence-corrected chi connectivity index (χ2v) is 12.3. The zero-order valence-corrected chi connectivity index (χ0v) is 29.2. The van der Waals surface area contributed by atoms with Crippen LogP contribution in [-0.4, -0.2) is 75.7 Å². The number of carbonyl (C=O) groups is 2. The van der Waals surface area contributed by atoms with Crippen LogP contribution in [0.5, 0.6) is 28.7 Å². The maximum absolute atomic E-state index is 14.6. The Labute approximate surface area is 287 Å².